The molecule has 0 saturated carbocycles. The van der Waals surface area contributed by atoms with Crippen molar-refractivity contribution in [2.24, 2.45) is 0 Å². The van der Waals surface area contributed by atoms with Gasteiger partial charge in [0.15, 0.2) is 0 Å². The maximum Gasteiger partial charge on any atom is 0.251 e. The second-order valence-electron chi connectivity index (χ2n) is 5.05. The molecule has 6 heteroatoms. The Kier molecular flexibility index (Phi) is 6.33. The molecule has 0 aliphatic rings. The Balaban J connectivity index is 1.84. The Morgan fingerprint density at radius 3 is 2.62 bits per heavy atom. The van der Waals surface area contributed by atoms with Crippen LogP contribution in [0.4, 0.5) is 5.69 Å². The molecule has 2 amide bonds. The molecular weight excluding hydrogens is 308 g/mol. The molecule has 24 heavy (non-hydrogen) atoms. The minimum Gasteiger partial charge on any atom is -0.497 e. The van der Waals surface area contributed by atoms with Gasteiger partial charge in [0.1, 0.15) is 12.4 Å². The Bertz CT molecular complexity index is 716. The van der Waals surface area contributed by atoms with Gasteiger partial charge in [0, 0.05) is 18.3 Å². The molecule has 6 nitrogen and oxygen atoms in total. The lowest BCUT2D eigenvalue weighted by Gasteiger charge is -2.08. The van der Waals surface area contributed by atoms with Crippen molar-refractivity contribution in [1.82, 2.24) is 5.32 Å². The lowest BCUT2D eigenvalue weighted by molar-refractivity contribution is -0.121. The van der Waals surface area contributed by atoms with E-state index in [9.17, 15) is 9.59 Å². The zero-order valence-corrected chi connectivity index (χ0v) is 13.7. The fraction of sp³-hybridized carbons (Fsp3) is 0.222. The van der Waals surface area contributed by atoms with Crippen LogP contribution in [0.3, 0.4) is 0 Å². The highest BCUT2D eigenvalue weighted by atomic mass is 16.5. The summed E-state index contributed by atoms with van der Waals surface area (Å²) in [5.41, 5.74) is 1.95. The van der Waals surface area contributed by atoms with Gasteiger partial charge in [0.25, 0.3) is 5.91 Å². The molecule has 0 fully saturated rings. The third kappa shape index (κ3) is 5.10. The van der Waals surface area contributed by atoms with Crippen LogP contribution in [-0.4, -0.2) is 32.6 Å². The molecule has 2 aromatic rings. The summed E-state index contributed by atoms with van der Waals surface area (Å²) in [6.07, 6.45) is 0. The van der Waals surface area contributed by atoms with Crippen molar-refractivity contribution in [3.8, 4) is 5.75 Å². The molecule has 0 bridgehead atoms. The molecule has 2 aromatic carbocycles. The average Bonchev–Trinajstić information content (AvgIpc) is 2.61. The smallest absolute Gasteiger partial charge is 0.251 e. The summed E-state index contributed by atoms with van der Waals surface area (Å²) in [5.74, 6) is 0.249. The predicted molar refractivity (Wildman–Crippen MR) is 91.1 cm³/mol. The maximum atomic E-state index is 11.9. The highest BCUT2D eigenvalue weighted by Gasteiger charge is 2.07. The van der Waals surface area contributed by atoms with Gasteiger partial charge in [-0.3, -0.25) is 9.59 Å². The number of nitrogens with one attached hydrogen (secondary N) is 2. The molecule has 0 spiro atoms. The van der Waals surface area contributed by atoms with Crippen LogP contribution in [-0.2, 0) is 16.1 Å². The van der Waals surface area contributed by atoms with Crippen LogP contribution < -0.4 is 15.4 Å². The zero-order chi connectivity index (χ0) is 17.4. The van der Waals surface area contributed by atoms with Gasteiger partial charge in [0.2, 0.25) is 5.91 Å². The van der Waals surface area contributed by atoms with Crippen LogP contribution in [0.1, 0.15) is 15.9 Å². The van der Waals surface area contributed by atoms with Crippen LogP contribution in [0.15, 0.2) is 48.5 Å². The van der Waals surface area contributed by atoms with E-state index in [1.54, 1.807) is 38.4 Å². The predicted octanol–water partition coefficient (Wildman–Crippen LogP) is 2.21. The van der Waals surface area contributed by atoms with Crippen molar-refractivity contribution in [2.45, 2.75) is 6.61 Å². The summed E-state index contributed by atoms with van der Waals surface area (Å²) in [6, 6.07) is 14.2. The summed E-state index contributed by atoms with van der Waals surface area (Å²) < 4.78 is 10.5. The Morgan fingerprint density at radius 2 is 1.88 bits per heavy atom. The zero-order valence-electron chi connectivity index (χ0n) is 13.7. The molecule has 126 valence electrons. The molecule has 2 N–H and O–H groups in total. The molecule has 0 unspecified atom stereocenters. The van der Waals surface area contributed by atoms with Crippen molar-refractivity contribution in [3.63, 3.8) is 0 Å². The van der Waals surface area contributed by atoms with Gasteiger partial charge in [-0.15, -0.1) is 0 Å². The SMILES string of the molecule is CNC(=O)c1cccc(NC(=O)COCc2cccc(OC)c2)c1. The molecule has 0 aromatic heterocycles. The van der Waals surface area contributed by atoms with E-state index in [0.717, 1.165) is 11.3 Å². The van der Waals surface area contributed by atoms with E-state index in [0.29, 0.717) is 17.9 Å². The fourth-order valence-electron chi connectivity index (χ4n) is 2.10. The van der Waals surface area contributed by atoms with Crippen LogP contribution in [0.5, 0.6) is 5.75 Å². The van der Waals surface area contributed by atoms with E-state index in [2.05, 4.69) is 10.6 Å². The second kappa shape index (κ2) is 8.69. The van der Waals surface area contributed by atoms with E-state index in [4.69, 9.17) is 9.47 Å². The van der Waals surface area contributed by atoms with Gasteiger partial charge in [-0.2, -0.15) is 0 Å². The number of anilines is 1. The van der Waals surface area contributed by atoms with Crippen LogP contribution in [0.25, 0.3) is 0 Å². The largest absolute Gasteiger partial charge is 0.497 e. The van der Waals surface area contributed by atoms with Gasteiger partial charge < -0.3 is 20.1 Å². The van der Waals surface area contributed by atoms with Crippen molar-refractivity contribution in [1.29, 1.82) is 0 Å². The third-order valence-electron chi connectivity index (χ3n) is 3.27. The molecule has 0 saturated heterocycles. The first-order chi connectivity index (χ1) is 11.6. The minimum absolute atomic E-state index is 0.0819. The Labute approximate surface area is 140 Å². The molecule has 0 atom stereocenters. The molecule has 0 aliphatic carbocycles. The topological polar surface area (TPSA) is 76.7 Å². The molecule has 0 heterocycles. The quantitative estimate of drug-likeness (QED) is 0.817. The van der Waals surface area contributed by atoms with Crippen molar-refractivity contribution in [2.75, 3.05) is 26.1 Å². The average molecular weight is 328 g/mol. The maximum absolute atomic E-state index is 11.9. The second-order valence-corrected chi connectivity index (χ2v) is 5.05. The van der Waals surface area contributed by atoms with Gasteiger partial charge in [0.05, 0.1) is 13.7 Å². The van der Waals surface area contributed by atoms with Gasteiger partial charge in [-0.25, -0.2) is 0 Å². The molecule has 0 radical (unpaired) electrons. The first-order valence-electron chi connectivity index (χ1n) is 7.45. The number of carbonyl (C=O) groups excluding carboxylic acids is 2. The monoisotopic (exact) mass is 328 g/mol. The van der Waals surface area contributed by atoms with Crippen molar-refractivity contribution in [3.05, 3.63) is 59.7 Å². The number of benzene rings is 2. The van der Waals surface area contributed by atoms with Crippen LogP contribution in [0, 0.1) is 0 Å². The standard InChI is InChI=1S/C18H20N2O4/c1-19-18(22)14-6-4-7-15(10-14)20-17(21)12-24-11-13-5-3-8-16(9-13)23-2/h3-10H,11-12H2,1-2H3,(H,19,22)(H,20,21). The summed E-state index contributed by atoms with van der Waals surface area (Å²) in [6.45, 7) is 0.226. The van der Waals surface area contributed by atoms with Crippen LogP contribution >= 0.6 is 0 Å². The van der Waals surface area contributed by atoms with E-state index < -0.39 is 0 Å². The van der Waals surface area contributed by atoms with Gasteiger partial charge in [-0.1, -0.05) is 18.2 Å². The lowest BCUT2D eigenvalue weighted by Crippen LogP contribution is -2.20. The van der Waals surface area contributed by atoms with Crippen LogP contribution in [0.2, 0.25) is 0 Å². The summed E-state index contributed by atoms with van der Waals surface area (Å²) in [5, 5.41) is 5.24. The lowest BCUT2D eigenvalue weighted by atomic mass is 10.2. The van der Waals surface area contributed by atoms with Gasteiger partial charge in [-0.05, 0) is 35.9 Å². The first-order valence-corrected chi connectivity index (χ1v) is 7.45. The summed E-state index contributed by atoms with van der Waals surface area (Å²) in [7, 11) is 3.15. The highest BCUT2D eigenvalue weighted by Crippen LogP contribution is 2.13. The highest BCUT2D eigenvalue weighted by molar-refractivity contribution is 5.97. The molecular formula is C18H20N2O4. The number of hydrogen-bond acceptors (Lipinski definition) is 4. The van der Waals surface area contributed by atoms with E-state index in [-0.39, 0.29) is 18.4 Å². The Morgan fingerprint density at radius 1 is 1.08 bits per heavy atom. The van der Waals surface area contributed by atoms with Gasteiger partial charge >= 0.3 is 0 Å². The summed E-state index contributed by atoms with van der Waals surface area (Å²) in [4.78, 5) is 23.5. The minimum atomic E-state index is -0.285. The summed E-state index contributed by atoms with van der Waals surface area (Å²) >= 11 is 0. The number of rotatable bonds is 7. The number of hydrogen-bond donors (Lipinski definition) is 2. The molecule has 0 aliphatic heterocycles. The number of methoxy groups -OCH3 is 1. The van der Waals surface area contributed by atoms with E-state index in [1.165, 1.54) is 0 Å². The van der Waals surface area contributed by atoms with Crippen molar-refractivity contribution >= 4 is 17.5 Å². The van der Waals surface area contributed by atoms with E-state index in [1.807, 2.05) is 24.3 Å². The Hall–Kier alpha value is -2.86. The third-order valence-corrected chi connectivity index (χ3v) is 3.27. The normalized spacial score (nSPS) is 10.1. The number of ether oxygens (including phenoxy) is 2. The first kappa shape index (κ1) is 17.5. The molecule has 2 rings (SSSR count). The number of amides is 2. The van der Waals surface area contributed by atoms with Crippen molar-refractivity contribution < 1.29 is 19.1 Å². The van der Waals surface area contributed by atoms with E-state index >= 15 is 0 Å². The number of carbonyl (C=O) groups is 2. The fourth-order valence-corrected chi connectivity index (χ4v) is 2.10.